The predicted molar refractivity (Wildman–Crippen MR) is 68.4 cm³/mol. The number of carbonyl (C=O) groups is 1. The first-order valence-electron chi connectivity index (χ1n) is 6.10. The van der Waals surface area contributed by atoms with Gasteiger partial charge in [0.2, 0.25) is 0 Å². The fourth-order valence-corrected chi connectivity index (χ4v) is 2.02. The van der Waals surface area contributed by atoms with Gasteiger partial charge in [0.25, 0.3) is 5.56 Å². The number of nitrogens with zero attached hydrogens (tertiary/aromatic N) is 3. The van der Waals surface area contributed by atoms with Crippen molar-refractivity contribution in [1.29, 1.82) is 0 Å². The first-order valence-corrected chi connectivity index (χ1v) is 6.10. The molecule has 1 aromatic rings. The summed E-state index contributed by atoms with van der Waals surface area (Å²) >= 11 is 0. The minimum Gasteiger partial charge on any atom is -0.479 e. The lowest BCUT2D eigenvalue weighted by atomic mass is 10.2. The quantitative estimate of drug-likeness (QED) is 0.822. The van der Waals surface area contributed by atoms with Crippen LogP contribution in [0.15, 0.2) is 17.1 Å². The van der Waals surface area contributed by atoms with Crippen molar-refractivity contribution in [1.82, 2.24) is 9.78 Å². The molecule has 1 fully saturated rings. The van der Waals surface area contributed by atoms with E-state index in [-0.39, 0.29) is 18.2 Å². The molecular weight excluding hydrogens is 250 g/mol. The van der Waals surface area contributed by atoms with E-state index in [1.54, 1.807) is 11.1 Å². The molecule has 0 bridgehead atoms. The molecule has 2 rings (SSSR count). The molecule has 1 aliphatic rings. The maximum atomic E-state index is 11.8. The molecule has 1 N–H and O–H groups in total. The number of aromatic nitrogens is 2. The van der Waals surface area contributed by atoms with Crippen LogP contribution in [-0.2, 0) is 16.1 Å². The molecule has 1 saturated heterocycles. The average molecular weight is 267 g/mol. The second-order valence-corrected chi connectivity index (χ2v) is 4.79. The molecule has 1 aliphatic heterocycles. The van der Waals surface area contributed by atoms with Crippen molar-refractivity contribution in [2.24, 2.45) is 0 Å². The summed E-state index contributed by atoms with van der Waals surface area (Å²) in [5.41, 5.74) is 0.519. The highest BCUT2D eigenvalue weighted by molar-refractivity contribution is 5.72. The summed E-state index contributed by atoms with van der Waals surface area (Å²) in [6.45, 7) is 0.288. The molecule has 2 heterocycles. The molecule has 104 valence electrons. The molecule has 19 heavy (non-hydrogen) atoms. The summed E-state index contributed by atoms with van der Waals surface area (Å²) in [6, 6.07) is 1.50. The van der Waals surface area contributed by atoms with Crippen LogP contribution in [0.25, 0.3) is 0 Å². The molecule has 7 nitrogen and oxygen atoms in total. The van der Waals surface area contributed by atoms with E-state index < -0.39 is 12.1 Å². The fourth-order valence-electron chi connectivity index (χ4n) is 2.02. The van der Waals surface area contributed by atoms with Gasteiger partial charge >= 0.3 is 5.97 Å². The molecule has 1 aromatic heterocycles. The first kappa shape index (κ1) is 13.5. The van der Waals surface area contributed by atoms with Crippen LogP contribution in [0.1, 0.15) is 12.8 Å². The van der Waals surface area contributed by atoms with E-state index in [1.807, 2.05) is 14.1 Å². The van der Waals surface area contributed by atoms with Crippen molar-refractivity contribution in [3.63, 3.8) is 0 Å². The smallest absolute Gasteiger partial charge is 0.332 e. The lowest BCUT2D eigenvalue weighted by Crippen LogP contribution is -2.30. The second kappa shape index (κ2) is 5.40. The Hall–Kier alpha value is -1.89. The van der Waals surface area contributed by atoms with Crippen LogP contribution in [0.3, 0.4) is 0 Å². The molecule has 0 aromatic carbocycles. The highest BCUT2D eigenvalue weighted by atomic mass is 16.5. The van der Waals surface area contributed by atoms with Crippen molar-refractivity contribution in [3.05, 3.63) is 22.6 Å². The molecule has 2 unspecified atom stereocenters. The zero-order valence-corrected chi connectivity index (χ0v) is 10.9. The summed E-state index contributed by atoms with van der Waals surface area (Å²) < 4.78 is 6.66. The summed E-state index contributed by atoms with van der Waals surface area (Å²) in [5.74, 6) is -0.953. The molecule has 2 atom stereocenters. The van der Waals surface area contributed by atoms with Gasteiger partial charge in [-0.05, 0) is 12.8 Å². The Kier molecular flexibility index (Phi) is 3.84. The predicted octanol–water partition coefficient (Wildman–Crippen LogP) is -0.0585. The third-order valence-corrected chi connectivity index (χ3v) is 3.13. The molecule has 7 heteroatoms. The van der Waals surface area contributed by atoms with E-state index in [9.17, 15) is 9.59 Å². The number of carboxylic acids is 1. The van der Waals surface area contributed by atoms with Crippen LogP contribution < -0.4 is 10.5 Å². The number of ether oxygens (including phenoxy) is 1. The molecular formula is C12H17N3O4. The number of hydrogen-bond acceptors (Lipinski definition) is 5. The Morgan fingerprint density at radius 3 is 2.84 bits per heavy atom. The topological polar surface area (TPSA) is 84.7 Å². The van der Waals surface area contributed by atoms with E-state index in [4.69, 9.17) is 9.84 Å². The largest absolute Gasteiger partial charge is 0.479 e. The second-order valence-electron chi connectivity index (χ2n) is 4.79. The summed E-state index contributed by atoms with van der Waals surface area (Å²) in [4.78, 5) is 24.4. The minimum absolute atomic E-state index is 0.214. The van der Waals surface area contributed by atoms with Gasteiger partial charge in [-0.1, -0.05) is 0 Å². The highest BCUT2D eigenvalue weighted by Crippen LogP contribution is 2.20. The van der Waals surface area contributed by atoms with Crippen molar-refractivity contribution in [2.75, 3.05) is 19.0 Å². The van der Waals surface area contributed by atoms with E-state index in [2.05, 4.69) is 5.10 Å². The Balaban J connectivity index is 2.05. The van der Waals surface area contributed by atoms with Crippen molar-refractivity contribution >= 4 is 11.7 Å². The van der Waals surface area contributed by atoms with Gasteiger partial charge in [-0.3, -0.25) is 4.79 Å². The Labute approximate surface area is 110 Å². The van der Waals surface area contributed by atoms with Gasteiger partial charge in [-0.25, -0.2) is 9.48 Å². The van der Waals surface area contributed by atoms with Crippen LogP contribution in [0.4, 0.5) is 5.69 Å². The molecule has 0 saturated carbocycles. The van der Waals surface area contributed by atoms with Crippen molar-refractivity contribution in [3.8, 4) is 0 Å². The molecule has 0 amide bonds. The molecule has 0 radical (unpaired) electrons. The van der Waals surface area contributed by atoms with E-state index in [1.165, 1.54) is 10.7 Å². The van der Waals surface area contributed by atoms with Crippen LogP contribution in [0, 0.1) is 0 Å². The molecule has 0 spiro atoms. The van der Waals surface area contributed by atoms with Gasteiger partial charge < -0.3 is 14.7 Å². The first-order chi connectivity index (χ1) is 8.97. The summed E-state index contributed by atoms with van der Waals surface area (Å²) in [7, 11) is 3.66. The zero-order valence-electron chi connectivity index (χ0n) is 10.9. The number of anilines is 1. The monoisotopic (exact) mass is 267 g/mol. The standard InChI is InChI=1S/C12H17N3O4/c1-14(2)8-5-11(16)15(13-6-8)7-9-3-4-10(19-9)12(17)18/h5-6,9-10H,3-4,7H2,1-2H3,(H,17,18). The van der Waals surface area contributed by atoms with E-state index in [0.29, 0.717) is 12.8 Å². The zero-order chi connectivity index (χ0) is 14.0. The summed E-state index contributed by atoms with van der Waals surface area (Å²) in [6.07, 6.45) is 1.68. The van der Waals surface area contributed by atoms with Crippen molar-refractivity contribution in [2.45, 2.75) is 31.6 Å². The SMILES string of the molecule is CN(C)c1cnn(CC2CCC(C(=O)O)O2)c(=O)c1. The third-order valence-electron chi connectivity index (χ3n) is 3.13. The lowest BCUT2D eigenvalue weighted by Gasteiger charge is -2.14. The van der Waals surface area contributed by atoms with E-state index >= 15 is 0 Å². The Morgan fingerprint density at radius 2 is 2.32 bits per heavy atom. The van der Waals surface area contributed by atoms with Crippen LogP contribution >= 0.6 is 0 Å². The van der Waals surface area contributed by atoms with Crippen LogP contribution in [-0.4, -0.2) is 47.2 Å². The van der Waals surface area contributed by atoms with Gasteiger partial charge in [0.05, 0.1) is 24.5 Å². The number of rotatable bonds is 4. The van der Waals surface area contributed by atoms with Crippen molar-refractivity contribution < 1.29 is 14.6 Å². The maximum Gasteiger partial charge on any atom is 0.332 e. The maximum absolute atomic E-state index is 11.8. The normalized spacial score (nSPS) is 22.4. The molecule has 0 aliphatic carbocycles. The van der Waals surface area contributed by atoms with Gasteiger partial charge in [-0.2, -0.15) is 5.10 Å². The minimum atomic E-state index is -0.953. The number of hydrogen-bond donors (Lipinski definition) is 1. The third kappa shape index (κ3) is 3.11. The highest BCUT2D eigenvalue weighted by Gasteiger charge is 2.30. The lowest BCUT2D eigenvalue weighted by molar-refractivity contribution is -0.149. The van der Waals surface area contributed by atoms with Crippen LogP contribution in [0.5, 0.6) is 0 Å². The van der Waals surface area contributed by atoms with Gasteiger partial charge in [0.1, 0.15) is 0 Å². The fraction of sp³-hybridized carbons (Fsp3) is 0.583. The van der Waals surface area contributed by atoms with E-state index in [0.717, 1.165) is 5.69 Å². The Bertz CT molecular complexity index is 526. The van der Waals surface area contributed by atoms with Gasteiger partial charge in [-0.15, -0.1) is 0 Å². The summed E-state index contributed by atoms with van der Waals surface area (Å²) in [5, 5.41) is 12.9. The number of carboxylic acid groups (broad SMARTS) is 1. The van der Waals surface area contributed by atoms with Gasteiger partial charge in [0.15, 0.2) is 6.10 Å². The average Bonchev–Trinajstić information content (AvgIpc) is 2.80. The van der Waals surface area contributed by atoms with Gasteiger partial charge in [0, 0.05) is 20.2 Å². The van der Waals surface area contributed by atoms with Crippen LogP contribution in [0.2, 0.25) is 0 Å². The number of aliphatic carboxylic acids is 1. The Morgan fingerprint density at radius 1 is 1.58 bits per heavy atom.